The molecular formula is C28H20O3. The molecule has 0 spiro atoms. The van der Waals surface area contributed by atoms with Gasteiger partial charge in [-0.05, 0) is 40.5 Å². The molecule has 0 fully saturated rings. The molecule has 0 saturated carbocycles. The normalized spacial score (nSPS) is 11.0. The average molecular weight is 404 g/mol. The number of hydrogen-bond donors (Lipinski definition) is 1. The maximum atomic E-state index is 11.1. The lowest BCUT2D eigenvalue weighted by Crippen LogP contribution is -1.94. The molecule has 0 aliphatic rings. The van der Waals surface area contributed by atoms with E-state index < -0.39 is 5.97 Å². The van der Waals surface area contributed by atoms with Crippen LogP contribution >= 0.6 is 0 Å². The predicted octanol–water partition coefficient (Wildman–Crippen LogP) is 7.06. The summed E-state index contributed by atoms with van der Waals surface area (Å²) in [6.07, 6.45) is 0.725. The van der Waals surface area contributed by atoms with Crippen molar-refractivity contribution in [3.05, 3.63) is 120 Å². The van der Waals surface area contributed by atoms with Crippen LogP contribution in [0.3, 0.4) is 0 Å². The second-order valence-electron chi connectivity index (χ2n) is 7.52. The van der Waals surface area contributed by atoms with Crippen molar-refractivity contribution in [2.75, 3.05) is 0 Å². The van der Waals surface area contributed by atoms with Crippen molar-refractivity contribution in [2.45, 2.75) is 6.42 Å². The first kappa shape index (κ1) is 18.9. The highest BCUT2D eigenvalue weighted by molar-refractivity contribution is 5.96. The topological polar surface area (TPSA) is 50.4 Å². The highest BCUT2D eigenvalue weighted by Gasteiger charge is 2.16. The highest BCUT2D eigenvalue weighted by atomic mass is 16.4. The van der Waals surface area contributed by atoms with Gasteiger partial charge < -0.3 is 9.52 Å². The molecule has 4 aromatic carbocycles. The summed E-state index contributed by atoms with van der Waals surface area (Å²) in [7, 11) is 0. The summed E-state index contributed by atoms with van der Waals surface area (Å²) in [6.45, 7) is 0. The molecule has 150 valence electrons. The van der Waals surface area contributed by atoms with Gasteiger partial charge >= 0.3 is 5.97 Å². The Hall–Kier alpha value is -4.11. The number of fused-ring (bicyclic) bond motifs is 1. The van der Waals surface area contributed by atoms with E-state index in [0.29, 0.717) is 0 Å². The molecule has 1 heterocycles. The van der Waals surface area contributed by atoms with Gasteiger partial charge in [0.2, 0.25) is 0 Å². The minimum Gasteiger partial charge on any atom is -0.478 e. The van der Waals surface area contributed by atoms with Gasteiger partial charge in [0.05, 0.1) is 5.56 Å². The van der Waals surface area contributed by atoms with Crippen LogP contribution in [-0.2, 0) is 6.42 Å². The van der Waals surface area contributed by atoms with Gasteiger partial charge in [0.25, 0.3) is 0 Å². The molecule has 0 aliphatic heterocycles. The maximum Gasteiger partial charge on any atom is 0.335 e. The van der Waals surface area contributed by atoms with Gasteiger partial charge in [-0.15, -0.1) is 0 Å². The minimum atomic E-state index is -0.917. The van der Waals surface area contributed by atoms with E-state index in [1.54, 1.807) is 12.1 Å². The van der Waals surface area contributed by atoms with Crippen LogP contribution < -0.4 is 0 Å². The van der Waals surface area contributed by atoms with E-state index in [9.17, 15) is 4.79 Å². The number of carboxylic acids is 1. The fraction of sp³-hybridized carbons (Fsp3) is 0.0357. The first-order valence-electron chi connectivity index (χ1n) is 10.2. The second-order valence-corrected chi connectivity index (χ2v) is 7.52. The molecule has 0 amide bonds. The van der Waals surface area contributed by atoms with Crippen molar-refractivity contribution < 1.29 is 14.3 Å². The van der Waals surface area contributed by atoms with Crippen molar-refractivity contribution in [1.29, 1.82) is 0 Å². The Bertz CT molecular complexity index is 1350. The quantitative estimate of drug-likeness (QED) is 0.341. The van der Waals surface area contributed by atoms with Gasteiger partial charge in [-0.1, -0.05) is 84.9 Å². The zero-order chi connectivity index (χ0) is 21.2. The van der Waals surface area contributed by atoms with E-state index >= 15 is 0 Å². The summed E-state index contributed by atoms with van der Waals surface area (Å²) >= 11 is 0. The summed E-state index contributed by atoms with van der Waals surface area (Å²) < 4.78 is 6.25. The maximum absolute atomic E-state index is 11.1. The number of furan rings is 1. The molecule has 3 heteroatoms. The van der Waals surface area contributed by atoms with Crippen LogP contribution in [0, 0.1) is 0 Å². The van der Waals surface area contributed by atoms with Crippen LogP contribution in [0.1, 0.15) is 21.7 Å². The standard InChI is InChI=1S/C28H20O3/c29-28(30)23-16-12-21(13-17-23)20-10-14-22(15-11-20)27-24-8-4-5-9-25(24)31-26(27)18-19-6-2-1-3-7-19/h1-17H,18H2,(H,29,30). The number of rotatable bonds is 5. The van der Waals surface area contributed by atoms with Crippen LogP contribution in [0.25, 0.3) is 33.2 Å². The lowest BCUT2D eigenvalue weighted by molar-refractivity contribution is 0.0697. The third-order valence-corrected chi connectivity index (χ3v) is 5.51. The van der Waals surface area contributed by atoms with Crippen molar-refractivity contribution >= 4 is 16.9 Å². The monoisotopic (exact) mass is 404 g/mol. The van der Waals surface area contributed by atoms with Gasteiger partial charge in [-0.2, -0.15) is 0 Å². The fourth-order valence-corrected chi connectivity index (χ4v) is 3.95. The zero-order valence-electron chi connectivity index (χ0n) is 16.8. The lowest BCUT2D eigenvalue weighted by Gasteiger charge is -2.07. The van der Waals surface area contributed by atoms with Gasteiger partial charge in [0.1, 0.15) is 11.3 Å². The number of carbonyl (C=O) groups is 1. The summed E-state index contributed by atoms with van der Waals surface area (Å²) in [5.41, 5.74) is 6.62. The van der Waals surface area contributed by atoms with Crippen molar-refractivity contribution in [1.82, 2.24) is 0 Å². The Morgan fingerprint density at radius 3 is 1.94 bits per heavy atom. The first-order valence-corrected chi connectivity index (χ1v) is 10.2. The molecule has 5 aromatic rings. The van der Waals surface area contributed by atoms with E-state index in [0.717, 1.165) is 45.4 Å². The molecule has 3 nitrogen and oxygen atoms in total. The number of hydrogen-bond acceptors (Lipinski definition) is 2. The molecule has 0 radical (unpaired) electrons. The number of aromatic carboxylic acids is 1. The van der Waals surface area contributed by atoms with Gasteiger partial charge in [-0.25, -0.2) is 4.79 Å². The third kappa shape index (κ3) is 3.74. The molecule has 1 aromatic heterocycles. The molecule has 5 rings (SSSR count). The fourth-order valence-electron chi connectivity index (χ4n) is 3.95. The van der Waals surface area contributed by atoms with Crippen molar-refractivity contribution in [3.8, 4) is 22.3 Å². The number of para-hydroxylation sites is 1. The number of benzene rings is 4. The first-order chi connectivity index (χ1) is 15.2. The molecule has 0 saturated heterocycles. The van der Waals surface area contributed by atoms with Crippen LogP contribution in [0.15, 0.2) is 108 Å². The highest BCUT2D eigenvalue weighted by Crippen LogP contribution is 2.37. The summed E-state index contributed by atoms with van der Waals surface area (Å²) in [4.78, 5) is 11.1. The molecule has 1 N–H and O–H groups in total. The molecule has 0 aliphatic carbocycles. The van der Waals surface area contributed by atoms with Crippen LogP contribution in [0.2, 0.25) is 0 Å². The Kier molecular flexibility index (Phi) is 4.85. The predicted molar refractivity (Wildman–Crippen MR) is 123 cm³/mol. The summed E-state index contributed by atoms with van der Waals surface area (Å²) in [5.74, 6) is 0.0330. The molecule has 0 unspecified atom stereocenters. The minimum absolute atomic E-state index is 0.288. The van der Waals surface area contributed by atoms with E-state index in [2.05, 4.69) is 42.5 Å². The SMILES string of the molecule is O=C(O)c1ccc(-c2ccc(-c3c(Cc4ccccc4)oc4ccccc34)cc2)cc1. The van der Waals surface area contributed by atoms with Crippen molar-refractivity contribution in [2.24, 2.45) is 0 Å². The van der Waals surface area contributed by atoms with E-state index in [1.165, 1.54) is 5.56 Å². The van der Waals surface area contributed by atoms with Crippen molar-refractivity contribution in [3.63, 3.8) is 0 Å². The molecule has 0 atom stereocenters. The lowest BCUT2D eigenvalue weighted by atomic mass is 9.96. The largest absolute Gasteiger partial charge is 0.478 e. The van der Waals surface area contributed by atoms with E-state index in [4.69, 9.17) is 9.52 Å². The van der Waals surface area contributed by atoms with Crippen LogP contribution in [-0.4, -0.2) is 11.1 Å². The Morgan fingerprint density at radius 1 is 0.677 bits per heavy atom. The Balaban J connectivity index is 1.54. The molecular weight excluding hydrogens is 384 g/mol. The summed E-state index contributed by atoms with van der Waals surface area (Å²) in [6, 6.07) is 33.7. The number of carboxylic acid groups (broad SMARTS) is 1. The average Bonchev–Trinajstić information content (AvgIpc) is 3.17. The second kappa shape index (κ2) is 7.96. The third-order valence-electron chi connectivity index (χ3n) is 5.51. The smallest absolute Gasteiger partial charge is 0.335 e. The Labute approximate surface area is 180 Å². The summed E-state index contributed by atoms with van der Waals surface area (Å²) in [5, 5.41) is 10.2. The van der Waals surface area contributed by atoms with Gasteiger partial charge in [-0.3, -0.25) is 0 Å². The van der Waals surface area contributed by atoms with E-state index in [1.807, 2.05) is 48.5 Å². The van der Waals surface area contributed by atoms with Crippen LogP contribution in [0.5, 0.6) is 0 Å². The zero-order valence-corrected chi connectivity index (χ0v) is 16.8. The Morgan fingerprint density at radius 2 is 1.26 bits per heavy atom. The molecule has 0 bridgehead atoms. The van der Waals surface area contributed by atoms with Crippen LogP contribution in [0.4, 0.5) is 0 Å². The van der Waals surface area contributed by atoms with Gasteiger partial charge in [0.15, 0.2) is 0 Å². The molecule has 31 heavy (non-hydrogen) atoms. The van der Waals surface area contributed by atoms with Gasteiger partial charge in [0, 0.05) is 17.4 Å². The van der Waals surface area contributed by atoms with E-state index in [-0.39, 0.29) is 5.56 Å².